The van der Waals surface area contributed by atoms with E-state index >= 15 is 0 Å². The van der Waals surface area contributed by atoms with Crippen LogP contribution in [0.2, 0.25) is 0 Å². The Bertz CT molecular complexity index is 603. The third-order valence-corrected chi connectivity index (χ3v) is 4.68. The Labute approximate surface area is 123 Å². The van der Waals surface area contributed by atoms with E-state index in [4.69, 9.17) is 4.74 Å². The van der Waals surface area contributed by atoms with Crippen LogP contribution in [-0.2, 0) is 21.4 Å². The van der Waals surface area contributed by atoms with E-state index in [1.165, 1.54) is 0 Å². The van der Waals surface area contributed by atoms with E-state index in [0.29, 0.717) is 29.8 Å². The van der Waals surface area contributed by atoms with E-state index in [1.807, 2.05) is 6.07 Å². The van der Waals surface area contributed by atoms with Gasteiger partial charge < -0.3 is 15.2 Å². The second-order valence-corrected chi connectivity index (χ2v) is 5.88. The van der Waals surface area contributed by atoms with Crippen LogP contribution in [0.3, 0.4) is 0 Å². The third-order valence-electron chi connectivity index (χ3n) is 4.68. The molecular weight excluding hydrogens is 270 g/mol. The number of ether oxygens (including phenoxy) is 1. The first-order valence-electron chi connectivity index (χ1n) is 7.31. The van der Waals surface area contributed by atoms with Crippen molar-refractivity contribution >= 4 is 17.6 Å². The van der Waals surface area contributed by atoms with Gasteiger partial charge in [-0.25, -0.2) is 0 Å². The number of benzene rings is 1. The summed E-state index contributed by atoms with van der Waals surface area (Å²) in [5, 5.41) is 12.7. The van der Waals surface area contributed by atoms with Gasteiger partial charge in [0.05, 0.1) is 18.9 Å². The summed E-state index contributed by atoms with van der Waals surface area (Å²) in [6.45, 7) is 0. The summed E-state index contributed by atoms with van der Waals surface area (Å²) >= 11 is 0. The highest BCUT2D eigenvalue weighted by Crippen LogP contribution is 2.46. The van der Waals surface area contributed by atoms with Gasteiger partial charge in [0.25, 0.3) is 0 Å². The maximum absolute atomic E-state index is 12.0. The van der Waals surface area contributed by atoms with E-state index in [9.17, 15) is 14.7 Å². The summed E-state index contributed by atoms with van der Waals surface area (Å²) in [5.41, 5.74) is 1.31. The van der Waals surface area contributed by atoms with Gasteiger partial charge in [0, 0.05) is 5.69 Å². The lowest BCUT2D eigenvalue weighted by Gasteiger charge is -2.35. The molecule has 2 N–H and O–H groups in total. The Hall–Kier alpha value is -2.04. The van der Waals surface area contributed by atoms with Crippen LogP contribution >= 0.6 is 0 Å². The molecule has 21 heavy (non-hydrogen) atoms. The number of carbonyl (C=O) groups is 2. The quantitative estimate of drug-likeness (QED) is 0.896. The van der Waals surface area contributed by atoms with Gasteiger partial charge in [0.1, 0.15) is 5.75 Å². The van der Waals surface area contributed by atoms with Crippen LogP contribution in [0.1, 0.15) is 43.2 Å². The van der Waals surface area contributed by atoms with Crippen molar-refractivity contribution in [3.05, 3.63) is 23.3 Å². The minimum Gasteiger partial charge on any atom is -0.497 e. The fraction of sp³-hybridized carbons (Fsp3) is 0.500. The molecule has 1 aliphatic carbocycles. The Morgan fingerprint density at radius 2 is 2.00 bits per heavy atom. The van der Waals surface area contributed by atoms with Gasteiger partial charge in [0.15, 0.2) is 0 Å². The van der Waals surface area contributed by atoms with Gasteiger partial charge in [-0.1, -0.05) is 19.3 Å². The molecule has 5 heteroatoms. The number of methoxy groups -OCH3 is 1. The summed E-state index contributed by atoms with van der Waals surface area (Å²) in [6.07, 6.45) is 4.36. The number of amides is 1. The molecule has 1 aliphatic heterocycles. The first-order chi connectivity index (χ1) is 10.1. The molecule has 0 bridgehead atoms. The number of carbonyl (C=O) groups excluding carboxylic acids is 1. The van der Waals surface area contributed by atoms with Crippen LogP contribution in [0.5, 0.6) is 5.75 Å². The van der Waals surface area contributed by atoms with E-state index in [-0.39, 0.29) is 12.3 Å². The van der Waals surface area contributed by atoms with Crippen LogP contribution < -0.4 is 10.1 Å². The molecule has 112 valence electrons. The number of hydrogen-bond donors (Lipinski definition) is 2. The van der Waals surface area contributed by atoms with Crippen molar-refractivity contribution in [3.8, 4) is 5.75 Å². The molecule has 1 heterocycles. The summed E-state index contributed by atoms with van der Waals surface area (Å²) in [6, 6.07) is 3.60. The molecule has 0 saturated heterocycles. The largest absolute Gasteiger partial charge is 0.497 e. The fourth-order valence-electron chi connectivity index (χ4n) is 3.57. The molecule has 0 unspecified atom stereocenters. The Balaban J connectivity index is 2.18. The SMILES string of the molecule is COc1cc2c(c(C3(C(=O)O)CCCCC3)c1)NC(=O)C2. The molecule has 3 rings (SSSR count). The predicted molar refractivity (Wildman–Crippen MR) is 77.7 cm³/mol. The van der Waals surface area contributed by atoms with Crippen molar-refractivity contribution in [1.29, 1.82) is 0 Å². The van der Waals surface area contributed by atoms with Crippen LogP contribution in [0, 0.1) is 0 Å². The molecule has 1 saturated carbocycles. The summed E-state index contributed by atoms with van der Waals surface area (Å²) in [4.78, 5) is 23.7. The summed E-state index contributed by atoms with van der Waals surface area (Å²) in [5.74, 6) is -0.277. The Morgan fingerprint density at radius 3 is 2.62 bits per heavy atom. The molecule has 0 radical (unpaired) electrons. The minimum atomic E-state index is -0.908. The highest BCUT2D eigenvalue weighted by atomic mass is 16.5. The number of rotatable bonds is 3. The van der Waals surface area contributed by atoms with Gasteiger partial charge in [0.2, 0.25) is 5.91 Å². The van der Waals surface area contributed by atoms with Crippen molar-refractivity contribution in [1.82, 2.24) is 0 Å². The number of anilines is 1. The molecule has 2 aliphatic rings. The van der Waals surface area contributed by atoms with E-state index in [0.717, 1.165) is 24.8 Å². The molecule has 5 nitrogen and oxygen atoms in total. The number of nitrogens with one attached hydrogen (secondary N) is 1. The molecule has 0 atom stereocenters. The molecule has 0 aromatic heterocycles. The minimum absolute atomic E-state index is 0.0872. The van der Waals surface area contributed by atoms with Crippen molar-refractivity contribution in [2.45, 2.75) is 43.9 Å². The average Bonchev–Trinajstić information content (AvgIpc) is 2.86. The van der Waals surface area contributed by atoms with Crippen molar-refractivity contribution < 1.29 is 19.4 Å². The maximum atomic E-state index is 12.0. The van der Waals surface area contributed by atoms with Crippen LogP contribution in [0.15, 0.2) is 12.1 Å². The highest BCUT2D eigenvalue weighted by Gasteiger charge is 2.44. The number of aliphatic carboxylic acids is 1. The van der Waals surface area contributed by atoms with Gasteiger partial charge in [-0.15, -0.1) is 0 Å². The number of hydrogen-bond acceptors (Lipinski definition) is 3. The van der Waals surface area contributed by atoms with E-state index < -0.39 is 11.4 Å². The number of carboxylic acids is 1. The summed E-state index contributed by atoms with van der Waals surface area (Å²) in [7, 11) is 1.56. The third kappa shape index (κ3) is 2.17. The molecular formula is C16H19NO4. The second kappa shape index (κ2) is 5.06. The standard InChI is InChI=1S/C16H19NO4/c1-21-11-7-10-8-13(18)17-14(10)12(9-11)16(15(19)20)5-3-2-4-6-16/h7,9H,2-6,8H2,1H3,(H,17,18)(H,19,20). The lowest BCUT2D eigenvalue weighted by molar-refractivity contribution is -0.145. The average molecular weight is 289 g/mol. The van der Waals surface area contributed by atoms with Crippen molar-refractivity contribution in [2.24, 2.45) is 0 Å². The van der Waals surface area contributed by atoms with E-state index in [2.05, 4.69) is 5.32 Å². The van der Waals surface area contributed by atoms with Crippen molar-refractivity contribution in [2.75, 3.05) is 12.4 Å². The van der Waals surface area contributed by atoms with Gasteiger partial charge in [-0.05, 0) is 36.1 Å². The predicted octanol–water partition coefficient (Wildman–Crippen LogP) is 2.48. The maximum Gasteiger partial charge on any atom is 0.314 e. The zero-order chi connectivity index (χ0) is 15.0. The van der Waals surface area contributed by atoms with Crippen LogP contribution in [0.4, 0.5) is 5.69 Å². The Morgan fingerprint density at radius 1 is 1.29 bits per heavy atom. The van der Waals surface area contributed by atoms with Crippen LogP contribution in [0.25, 0.3) is 0 Å². The number of fused-ring (bicyclic) bond motifs is 1. The Kier molecular flexibility index (Phi) is 3.35. The van der Waals surface area contributed by atoms with Crippen LogP contribution in [-0.4, -0.2) is 24.1 Å². The second-order valence-electron chi connectivity index (χ2n) is 5.88. The van der Waals surface area contributed by atoms with Crippen molar-refractivity contribution in [3.63, 3.8) is 0 Å². The normalized spacial score (nSPS) is 19.8. The molecule has 0 spiro atoms. The first-order valence-corrected chi connectivity index (χ1v) is 7.31. The zero-order valence-electron chi connectivity index (χ0n) is 12.1. The van der Waals surface area contributed by atoms with Gasteiger partial charge >= 0.3 is 5.97 Å². The summed E-state index contributed by atoms with van der Waals surface area (Å²) < 4.78 is 5.30. The monoisotopic (exact) mass is 289 g/mol. The zero-order valence-corrected chi connectivity index (χ0v) is 12.1. The van der Waals surface area contributed by atoms with E-state index in [1.54, 1.807) is 13.2 Å². The molecule has 1 aromatic rings. The lowest BCUT2D eigenvalue weighted by Crippen LogP contribution is -2.38. The molecule has 1 fully saturated rings. The fourth-order valence-corrected chi connectivity index (χ4v) is 3.57. The highest BCUT2D eigenvalue weighted by molar-refractivity contribution is 6.02. The molecule has 1 aromatic carbocycles. The number of carboxylic acid groups (broad SMARTS) is 1. The first kappa shape index (κ1) is 13.9. The lowest BCUT2D eigenvalue weighted by atomic mass is 9.68. The molecule has 1 amide bonds. The smallest absolute Gasteiger partial charge is 0.314 e. The van der Waals surface area contributed by atoms with Gasteiger partial charge in [-0.3, -0.25) is 9.59 Å². The van der Waals surface area contributed by atoms with Gasteiger partial charge in [-0.2, -0.15) is 0 Å². The topological polar surface area (TPSA) is 75.6 Å².